The van der Waals surface area contributed by atoms with Crippen molar-refractivity contribution in [2.75, 3.05) is 0 Å². The lowest BCUT2D eigenvalue weighted by molar-refractivity contribution is 0.347. The van der Waals surface area contributed by atoms with Gasteiger partial charge in [0.25, 0.3) is 5.56 Å². The maximum absolute atomic E-state index is 13.5. The summed E-state index contributed by atoms with van der Waals surface area (Å²) in [6, 6.07) is -0.215. The number of aromatic amines is 1. The highest BCUT2D eigenvalue weighted by Crippen LogP contribution is 2.24. The summed E-state index contributed by atoms with van der Waals surface area (Å²) in [4.78, 5) is 25.7. The molecule has 0 radical (unpaired) electrons. The summed E-state index contributed by atoms with van der Waals surface area (Å²) in [5.41, 5.74) is -1.52. The quantitative estimate of drug-likeness (QED) is 0.801. The van der Waals surface area contributed by atoms with E-state index in [4.69, 9.17) is 11.6 Å². The van der Waals surface area contributed by atoms with Gasteiger partial charge in [-0.2, -0.15) is 4.39 Å². The SMILES string of the molecule is O=c1[nH]c(Cl)c(F)c(=O)n1C1CCCCCCC1. The number of nitrogens with zero attached hydrogens (tertiary/aromatic N) is 1. The van der Waals surface area contributed by atoms with Crippen LogP contribution in [0.15, 0.2) is 9.59 Å². The zero-order valence-electron chi connectivity index (χ0n) is 10.0. The van der Waals surface area contributed by atoms with E-state index in [1.807, 2.05) is 0 Å². The van der Waals surface area contributed by atoms with Crippen LogP contribution in [0, 0.1) is 5.82 Å². The summed E-state index contributed by atoms with van der Waals surface area (Å²) in [7, 11) is 0. The molecule has 2 rings (SSSR count). The second kappa shape index (κ2) is 5.69. The molecule has 1 N–H and O–H groups in total. The zero-order chi connectivity index (χ0) is 13.1. The first-order valence-electron chi connectivity index (χ1n) is 6.31. The second-order valence-corrected chi connectivity index (χ2v) is 5.11. The van der Waals surface area contributed by atoms with Crippen molar-refractivity contribution in [2.45, 2.75) is 51.0 Å². The van der Waals surface area contributed by atoms with Gasteiger partial charge in [-0.15, -0.1) is 0 Å². The number of hydrogen-bond donors (Lipinski definition) is 1. The minimum absolute atomic E-state index is 0.215. The molecule has 1 aromatic heterocycles. The van der Waals surface area contributed by atoms with Gasteiger partial charge in [0.1, 0.15) is 0 Å². The van der Waals surface area contributed by atoms with Crippen molar-refractivity contribution in [3.05, 3.63) is 31.8 Å². The Morgan fingerprint density at radius 3 is 2.28 bits per heavy atom. The van der Waals surface area contributed by atoms with Crippen molar-refractivity contribution in [3.63, 3.8) is 0 Å². The molecule has 1 aliphatic carbocycles. The van der Waals surface area contributed by atoms with Crippen LogP contribution < -0.4 is 11.2 Å². The highest BCUT2D eigenvalue weighted by atomic mass is 35.5. The number of H-pyrrole nitrogens is 1. The molecule has 1 saturated carbocycles. The van der Waals surface area contributed by atoms with E-state index in [-0.39, 0.29) is 6.04 Å². The Balaban J connectivity index is 2.40. The molecule has 0 saturated heterocycles. The van der Waals surface area contributed by atoms with E-state index < -0.39 is 22.2 Å². The fraction of sp³-hybridized carbons (Fsp3) is 0.667. The van der Waals surface area contributed by atoms with Crippen molar-refractivity contribution in [1.29, 1.82) is 0 Å². The van der Waals surface area contributed by atoms with Crippen LogP contribution in [-0.4, -0.2) is 9.55 Å². The van der Waals surface area contributed by atoms with E-state index in [2.05, 4.69) is 4.98 Å². The molecule has 100 valence electrons. The molecule has 6 heteroatoms. The van der Waals surface area contributed by atoms with Crippen molar-refractivity contribution < 1.29 is 4.39 Å². The molecular weight excluding hydrogens is 259 g/mol. The average molecular weight is 275 g/mol. The van der Waals surface area contributed by atoms with Gasteiger partial charge in [-0.3, -0.25) is 14.3 Å². The van der Waals surface area contributed by atoms with Crippen molar-refractivity contribution in [2.24, 2.45) is 0 Å². The number of rotatable bonds is 1. The highest BCUT2D eigenvalue weighted by molar-refractivity contribution is 6.29. The normalized spacial score (nSPS) is 18.3. The van der Waals surface area contributed by atoms with Gasteiger partial charge in [0.2, 0.25) is 5.82 Å². The fourth-order valence-electron chi connectivity index (χ4n) is 2.53. The summed E-state index contributed by atoms with van der Waals surface area (Å²) in [6.07, 6.45) is 6.78. The first-order chi connectivity index (χ1) is 8.61. The second-order valence-electron chi connectivity index (χ2n) is 4.73. The molecular formula is C12H16ClFN2O2. The first kappa shape index (κ1) is 13.3. The fourth-order valence-corrected chi connectivity index (χ4v) is 2.69. The average Bonchev–Trinajstić information content (AvgIpc) is 2.28. The Bertz CT molecular complexity index is 530. The molecule has 0 unspecified atom stereocenters. The smallest absolute Gasteiger partial charge is 0.295 e. The molecule has 4 nitrogen and oxygen atoms in total. The largest absolute Gasteiger partial charge is 0.329 e. The van der Waals surface area contributed by atoms with Crippen LogP contribution in [0.1, 0.15) is 51.0 Å². The van der Waals surface area contributed by atoms with Crippen molar-refractivity contribution >= 4 is 11.6 Å². The minimum atomic E-state index is -1.07. The molecule has 18 heavy (non-hydrogen) atoms. The van der Waals surface area contributed by atoms with E-state index in [1.165, 1.54) is 6.42 Å². The van der Waals surface area contributed by atoms with Crippen LogP contribution in [0.5, 0.6) is 0 Å². The number of aromatic nitrogens is 2. The summed E-state index contributed by atoms with van der Waals surface area (Å²) in [5, 5.41) is -0.507. The lowest BCUT2D eigenvalue weighted by Gasteiger charge is -2.21. The van der Waals surface area contributed by atoms with Crippen LogP contribution in [0.4, 0.5) is 4.39 Å². The topological polar surface area (TPSA) is 54.9 Å². The Morgan fingerprint density at radius 2 is 1.67 bits per heavy atom. The number of halogens is 2. The van der Waals surface area contributed by atoms with Gasteiger partial charge in [-0.1, -0.05) is 43.7 Å². The summed E-state index contributed by atoms with van der Waals surface area (Å²) in [5.74, 6) is -1.07. The zero-order valence-corrected chi connectivity index (χ0v) is 10.8. The summed E-state index contributed by atoms with van der Waals surface area (Å²) >= 11 is 5.44. The van der Waals surface area contributed by atoms with Crippen LogP contribution >= 0.6 is 11.6 Å². The molecule has 1 fully saturated rings. The highest BCUT2D eigenvalue weighted by Gasteiger charge is 2.20. The molecule has 0 aromatic carbocycles. The van der Waals surface area contributed by atoms with E-state index >= 15 is 0 Å². The molecule has 1 aromatic rings. The monoisotopic (exact) mass is 274 g/mol. The van der Waals surface area contributed by atoms with Gasteiger partial charge in [-0.05, 0) is 12.8 Å². The summed E-state index contributed by atoms with van der Waals surface area (Å²) < 4.78 is 14.5. The Labute approximate surface area is 109 Å². The molecule has 0 amide bonds. The molecule has 1 aliphatic rings. The third kappa shape index (κ3) is 2.66. The van der Waals surface area contributed by atoms with Gasteiger partial charge < -0.3 is 0 Å². The van der Waals surface area contributed by atoms with E-state index in [9.17, 15) is 14.0 Å². The van der Waals surface area contributed by atoms with Gasteiger partial charge in [0, 0.05) is 6.04 Å². The van der Waals surface area contributed by atoms with Crippen LogP contribution in [-0.2, 0) is 0 Å². The van der Waals surface area contributed by atoms with Crippen LogP contribution in [0.2, 0.25) is 5.15 Å². The number of nitrogens with one attached hydrogen (secondary N) is 1. The lowest BCUT2D eigenvalue weighted by Crippen LogP contribution is -2.40. The van der Waals surface area contributed by atoms with Gasteiger partial charge in [-0.25, -0.2) is 4.79 Å². The van der Waals surface area contributed by atoms with E-state index in [0.29, 0.717) is 0 Å². The molecule has 0 spiro atoms. The molecule has 1 heterocycles. The lowest BCUT2D eigenvalue weighted by atomic mass is 9.96. The van der Waals surface area contributed by atoms with Crippen molar-refractivity contribution in [3.8, 4) is 0 Å². The minimum Gasteiger partial charge on any atom is -0.295 e. The van der Waals surface area contributed by atoms with Crippen molar-refractivity contribution in [1.82, 2.24) is 9.55 Å². The predicted molar refractivity (Wildman–Crippen MR) is 67.6 cm³/mol. The molecule has 0 aliphatic heterocycles. The van der Waals surface area contributed by atoms with Gasteiger partial charge in [0.05, 0.1) is 0 Å². The molecule has 0 bridgehead atoms. The maximum Gasteiger partial charge on any atom is 0.329 e. The van der Waals surface area contributed by atoms with E-state index in [0.717, 1.165) is 43.1 Å². The Kier molecular flexibility index (Phi) is 4.22. The Morgan fingerprint density at radius 1 is 1.11 bits per heavy atom. The molecule has 0 atom stereocenters. The summed E-state index contributed by atoms with van der Waals surface area (Å²) in [6.45, 7) is 0. The first-order valence-corrected chi connectivity index (χ1v) is 6.69. The Hall–Kier alpha value is -1.10. The standard InChI is InChI=1S/C12H16ClFN2O2/c13-10-9(14)11(17)16(12(18)15-10)8-6-4-2-1-3-5-7-8/h8H,1-7H2,(H,15,18). The van der Waals surface area contributed by atoms with Gasteiger partial charge in [0.15, 0.2) is 5.15 Å². The third-order valence-electron chi connectivity index (χ3n) is 3.47. The van der Waals surface area contributed by atoms with Crippen LogP contribution in [0.25, 0.3) is 0 Å². The third-order valence-corrected chi connectivity index (χ3v) is 3.74. The van der Waals surface area contributed by atoms with Gasteiger partial charge >= 0.3 is 5.69 Å². The number of hydrogen-bond acceptors (Lipinski definition) is 2. The van der Waals surface area contributed by atoms with Crippen LogP contribution in [0.3, 0.4) is 0 Å². The predicted octanol–water partition coefficient (Wildman–Crippen LogP) is 2.61. The maximum atomic E-state index is 13.5. The van der Waals surface area contributed by atoms with E-state index in [1.54, 1.807) is 0 Å².